The Kier molecular flexibility index (Phi) is 5.89. The molecule has 1 N–H and O–H groups in total. The Morgan fingerprint density at radius 3 is 2.59 bits per heavy atom. The monoisotopic (exact) mass is 435 g/mol. The number of methoxy groups -OCH3 is 1. The number of rotatable bonds is 5. The Morgan fingerprint density at radius 2 is 1.90 bits per heavy atom. The van der Waals surface area contributed by atoms with Gasteiger partial charge in [0.15, 0.2) is 9.84 Å². The standard InChI is InChI=1S/C20H25N3O4S2/c1-27-15-7-5-14(6-8-15)20-22-16(11-28-20)19(24)21-17-12-29(25,26)13-18(17)23-9-3-2-4-10-23/h5-8,11,17-18H,2-4,9-10,12-13H2,1H3,(H,21,24). The average molecular weight is 436 g/mol. The Labute approximate surface area is 175 Å². The van der Waals surface area contributed by atoms with Crippen molar-refractivity contribution in [1.82, 2.24) is 15.2 Å². The highest BCUT2D eigenvalue weighted by Crippen LogP contribution is 2.26. The van der Waals surface area contributed by atoms with Gasteiger partial charge in [0.05, 0.1) is 24.7 Å². The van der Waals surface area contributed by atoms with E-state index in [1.54, 1.807) is 12.5 Å². The molecule has 2 saturated heterocycles. The molecule has 1 amide bonds. The first-order valence-corrected chi connectivity index (χ1v) is 12.5. The fourth-order valence-corrected chi connectivity index (χ4v) is 6.82. The van der Waals surface area contributed by atoms with Crippen molar-refractivity contribution in [3.05, 3.63) is 35.3 Å². The van der Waals surface area contributed by atoms with Crippen molar-refractivity contribution >= 4 is 27.1 Å². The lowest BCUT2D eigenvalue weighted by Crippen LogP contribution is -2.52. The molecule has 1 aromatic carbocycles. The highest BCUT2D eigenvalue weighted by molar-refractivity contribution is 7.91. The normalized spacial score (nSPS) is 24.3. The molecule has 2 aromatic rings. The predicted octanol–water partition coefficient (Wildman–Crippen LogP) is 2.20. The molecule has 9 heteroatoms. The molecule has 2 unspecified atom stereocenters. The molecule has 2 fully saturated rings. The van der Waals surface area contributed by atoms with Crippen molar-refractivity contribution in [3.63, 3.8) is 0 Å². The molecule has 2 atom stereocenters. The van der Waals surface area contributed by atoms with E-state index < -0.39 is 15.9 Å². The second-order valence-corrected chi connectivity index (χ2v) is 10.6. The fourth-order valence-electron chi connectivity index (χ4n) is 4.06. The van der Waals surface area contributed by atoms with Crippen LogP contribution in [-0.2, 0) is 9.84 Å². The minimum atomic E-state index is -3.15. The molecular formula is C20H25N3O4S2. The van der Waals surface area contributed by atoms with Gasteiger partial charge in [-0.05, 0) is 50.2 Å². The summed E-state index contributed by atoms with van der Waals surface area (Å²) in [4.78, 5) is 19.5. The summed E-state index contributed by atoms with van der Waals surface area (Å²) in [7, 11) is -1.54. The SMILES string of the molecule is COc1ccc(-c2nc(C(=O)NC3CS(=O)(=O)CC3N3CCCCC3)cs2)cc1. The second kappa shape index (κ2) is 8.41. The number of nitrogens with zero attached hydrogens (tertiary/aromatic N) is 2. The number of carbonyl (C=O) groups is 1. The van der Waals surface area contributed by atoms with Crippen molar-refractivity contribution in [2.75, 3.05) is 31.7 Å². The van der Waals surface area contributed by atoms with Crippen LogP contribution >= 0.6 is 11.3 Å². The van der Waals surface area contributed by atoms with Gasteiger partial charge < -0.3 is 10.1 Å². The summed E-state index contributed by atoms with van der Waals surface area (Å²) < 4.78 is 29.7. The minimum Gasteiger partial charge on any atom is -0.497 e. The molecule has 0 bridgehead atoms. The number of hydrogen-bond acceptors (Lipinski definition) is 7. The first kappa shape index (κ1) is 20.3. The lowest BCUT2D eigenvalue weighted by Gasteiger charge is -2.34. The summed E-state index contributed by atoms with van der Waals surface area (Å²) in [6.07, 6.45) is 3.34. The number of carbonyl (C=O) groups excluding carboxylic acids is 1. The summed E-state index contributed by atoms with van der Waals surface area (Å²) in [6.45, 7) is 1.79. The minimum absolute atomic E-state index is 0.00458. The van der Waals surface area contributed by atoms with E-state index in [1.165, 1.54) is 17.8 Å². The van der Waals surface area contributed by atoms with Crippen LogP contribution in [-0.4, -0.2) is 68.0 Å². The van der Waals surface area contributed by atoms with Gasteiger partial charge in [-0.15, -0.1) is 11.3 Å². The fraction of sp³-hybridized carbons (Fsp3) is 0.500. The number of aromatic nitrogens is 1. The third kappa shape index (κ3) is 4.62. The van der Waals surface area contributed by atoms with Crippen LogP contribution in [0.5, 0.6) is 5.75 Å². The summed E-state index contributed by atoms with van der Waals surface area (Å²) >= 11 is 1.39. The van der Waals surface area contributed by atoms with Crippen molar-refractivity contribution < 1.29 is 17.9 Å². The van der Waals surface area contributed by atoms with E-state index >= 15 is 0 Å². The quantitative estimate of drug-likeness (QED) is 0.775. The maximum Gasteiger partial charge on any atom is 0.271 e. The number of sulfone groups is 1. The summed E-state index contributed by atoms with van der Waals surface area (Å²) in [6, 6.07) is 6.96. The van der Waals surface area contributed by atoms with E-state index in [0.29, 0.717) is 5.69 Å². The first-order chi connectivity index (χ1) is 13.9. The zero-order valence-corrected chi connectivity index (χ0v) is 18.0. The number of piperidine rings is 1. The molecule has 4 rings (SSSR count). The molecule has 7 nitrogen and oxygen atoms in total. The highest BCUT2D eigenvalue weighted by Gasteiger charge is 2.42. The molecule has 29 heavy (non-hydrogen) atoms. The lowest BCUT2D eigenvalue weighted by atomic mass is 10.0. The van der Waals surface area contributed by atoms with Crippen LogP contribution in [0.4, 0.5) is 0 Å². The Bertz CT molecular complexity index is 966. The zero-order valence-electron chi connectivity index (χ0n) is 16.3. The van der Waals surface area contributed by atoms with Crippen molar-refractivity contribution in [2.45, 2.75) is 31.3 Å². The smallest absolute Gasteiger partial charge is 0.271 e. The molecule has 0 radical (unpaired) electrons. The van der Waals surface area contributed by atoms with Crippen molar-refractivity contribution in [3.8, 4) is 16.3 Å². The largest absolute Gasteiger partial charge is 0.497 e. The number of benzene rings is 1. The van der Waals surface area contributed by atoms with Gasteiger partial charge in [0.1, 0.15) is 16.5 Å². The number of likely N-dealkylation sites (tertiary alicyclic amines) is 1. The molecule has 0 aliphatic carbocycles. The van der Waals surface area contributed by atoms with E-state index in [1.807, 2.05) is 24.3 Å². The molecule has 0 spiro atoms. The van der Waals surface area contributed by atoms with Crippen LogP contribution < -0.4 is 10.1 Å². The molecule has 2 aliphatic heterocycles. The van der Waals surface area contributed by atoms with E-state index in [2.05, 4.69) is 15.2 Å². The number of nitrogens with one attached hydrogen (secondary N) is 1. The van der Waals surface area contributed by atoms with E-state index in [4.69, 9.17) is 4.74 Å². The van der Waals surface area contributed by atoms with Crippen LogP contribution in [0.3, 0.4) is 0 Å². The lowest BCUT2D eigenvalue weighted by molar-refractivity contribution is 0.0896. The third-order valence-corrected chi connectivity index (χ3v) is 8.18. The molecule has 2 aliphatic rings. The maximum atomic E-state index is 12.8. The zero-order chi connectivity index (χ0) is 20.4. The highest BCUT2D eigenvalue weighted by atomic mass is 32.2. The van der Waals surface area contributed by atoms with E-state index in [0.717, 1.165) is 42.3 Å². The van der Waals surface area contributed by atoms with Crippen molar-refractivity contribution in [1.29, 1.82) is 0 Å². The third-order valence-electron chi connectivity index (χ3n) is 5.57. The Hall–Kier alpha value is -1.97. The number of ether oxygens (including phenoxy) is 1. The van der Waals surface area contributed by atoms with E-state index in [-0.39, 0.29) is 23.5 Å². The van der Waals surface area contributed by atoms with E-state index in [9.17, 15) is 13.2 Å². The average Bonchev–Trinajstić information content (AvgIpc) is 3.33. The number of amides is 1. The van der Waals surface area contributed by atoms with Crippen LogP contribution in [0.15, 0.2) is 29.6 Å². The molecular weight excluding hydrogens is 410 g/mol. The van der Waals surface area contributed by atoms with Crippen LogP contribution in [0.25, 0.3) is 10.6 Å². The Balaban J connectivity index is 1.47. The van der Waals surface area contributed by atoms with Crippen molar-refractivity contribution in [2.24, 2.45) is 0 Å². The topological polar surface area (TPSA) is 88.6 Å². The van der Waals surface area contributed by atoms with Gasteiger partial charge in [0.2, 0.25) is 0 Å². The first-order valence-electron chi connectivity index (χ1n) is 9.80. The molecule has 1 aromatic heterocycles. The summed E-state index contributed by atoms with van der Waals surface area (Å²) in [5, 5.41) is 5.40. The number of hydrogen-bond donors (Lipinski definition) is 1. The number of thiazole rings is 1. The maximum absolute atomic E-state index is 12.8. The van der Waals surface area contributed by atoms with Gasteiger partial charge in [0, 0.05) is 17.0 Å². The Morgan fingerprint density at radius 1 is 1.17 bits per heavy atom. The van der Waals surface area contributed by atoms with Gasteiger partial charge in [0.25, 0.3) is 5.91 Å². The van der Waals surface area contributed by atoms with Crippen LogP contribution in [0.2, 0.25) is 0 Å². The van der Waals surface area contributed by atoms with Gasteiger partial charge in [-0.2, -0.15) is 0 Å². The van der Waals surface area contributed by atoms with Gasteiger partial charge in [-0.3, -0.25) is 9.69 Å². The van der Waals surface area contributed by atoms with Gasteiger partial charge in [-0.1, -0.05) is 6.42 Å². The second-order valence-electron chi connectivity index (χ2n) is 7.59. The molecule has 0 saturated carbocycles. The molecule has 156 valence electrons. The van der Waals surface area contributed by atoms with Crippen LogP contribution in [0.1, 0.15) is 29.8 Å². The summed E-state index contributed by atoms with van der Waals surface area (Å²) in [5.74, 6) is 0.557. The molecule has 3 heterocycles. The summed E-state index contributed by atoms with van der Waals surface area (Å²) in [5.41, 5.74) is 1.23. The van der Waals surface area contributed by atoms with Gasteiger partial charge in [-0.25, -0.2) is 13.4 Å². The van der Waals surface area contributed by atoms with Gasteiger partial charge >= 0.3 is 0 Å². The predicted molar refractivity (Wildman–Crippen MR) is 113 cm³/mol. The van der Waals surface area contributed by atoms with Crippen LogP contribution in [0, 0.1) is 0 Å².